The summed E-state index contributed by atoms with van der Waals surface area (Å²) in [6, 6.07) is 0. The highest BCUT2D eigenvalue weighted by atomic mass is 16.1. The molecule has 0 aliphatic rings. The number of Topliss-reactive ketones (excluding diaryl/α,β-unsaturated/α-hetero) is 2. The van der Waals surface area contributed by atoms with Crippen molar-refractivity contribution in [2.24, 2.45) is 5.92 Å². The predicted molar refractivity (Wildman–Crippen MR) is 49.0 cm³/mol. The van der Waals surface area contributed by atoms with Gasteiger partial charge in [0.15, 0.2) is 0 Å². The van der Waals surface area contributed by atoms with E-state index >= 15 is 0 Å². The van der Waals surface area contributed by atoms with Gasteiger partial charge in [-0.3, -0.25) is 9.59 Å². The van der Waals surface area contributed by atoms with Crippen molar-refractivity contribution >= 4 is 11.6 Å². The fraction of sp³-hybridized carbons (Fsp3) is 0.800. The Hall–Kier alpha value is -0.660. The molecule has 2 nitrogen and oxygen atoms in total. The fourth-order valence-corrected chi connectivity index (χ4v) is 0.920. The maximum Gasteiger partial charge on any atom is 0.143 e. The quantitative estimate of drug-likeness (QED) is 0.456. The van der Waals surface area contributed by atoms with Gasteiger partial charge in [0, 0.05) is 10.5 Å². The van der Waals surface area contributed by atoms with E-state index in [0.717, 1.165) is 19.8 Å². The maximum absolute atomic E-state index is 11.5. The Labute approximate surface area is 78.6 Å². The molecule has 0 saturated heterocycles. The molecule has 0 N–H and O–H groups in total. The van der Waals surface area contributed by atoms with E-state index in [1.54, 1.807) is 0 Å². The third-order valence-corrected chi connectivity index (χ3v) is 1.76. The smallest absolute Gasteiger partial charge is 0.143 e. The number of unbranched alkanes of at least 4 members (excludes halogenated alkanes) is 2. The molecule has 0 aliphatic carbocycles. The van der Waals surface area contributed by atoms with Gasteiger partial charge in [-0.1, -0.05) is 19.8 Å². The van der Waals surface area contributed by atoms with Crippen LogP contribution in [0.1, 0.15) is 50.5 Å². The molecular weight excluding hydrogens is 152 g/mol. The van der Waals surface area contributed by atoms with Crippen molar-refractivity contribution in [2.45, 2.75) is 46.4 Å². The molecule has 2 heteroatoms. The minimum absolute atomic E-state index is 0.191. The molecule has 0 rings (SSSR count). The van der Waals surface area contributed by atoms with Crippen LogP contribution in [0.15, 0.2) is 0 Å². The minimum atomic E-state index is -2.49. The molecule has 0 aliphatic heterocycles. The van der Waals surface area contributed by atoms with Gasteiger partial charge in [0.1, 0.15) is 11.6 Å². The summed E-state index contributed by atoms with van der Waals surface area (Å²) in [6.07, 6.45) is 2.70. The topological polar surface area (TPSA) is 34.1 Å². The molecule has 1 unspecified atom stereocenters. The van der Waals surface area contributed by atoms with E-state index in [4.69, 9.17) is 4.11 Å². The zero-order valence-electron chi connectivity index (χ0n) is 10.7. The minimum Gasteiger partial charge on any atom is -0.299 e. The molecule has 12 heavy (non-hydrogen) atoms. The van der Waals surface area contributed by atoms with Gasteiger partial charge < -0.3 is 0 Å². The van der Waals surface area contributed by atoms with Crippen molar-refractivity contribution in [3.05, 3.63) is 0 Å². The molecule has 0 amide bonds. The van der Waals surface area contributed by atoms with Crippen LogP contribution in [0.25, 0.3) is 0 Å². The van der Waals surface area contributed by atoms with E-state index in [2.05, 4.69) is 0 Å². The van der Waals surface area contributed by atoms with Crippen LogP contribution < -0.4 is 0 Å². The van der Waals surface area contributed by atoms with Crippen LogP contribution in [0.2, 0.25) is 0 Å². The van der Waals surface area contributed by atoms with E-state index in [1.807, 2.05) is 6.92 Å². The molecule has 0 spiro atoms. The normalized spacial score (nSPS) is 17.3. The Balaban J connectivity index is 4.39. The van der Waals surface area contributed by atoms with Crippen molar-refractivity contribution in [1.82, 2.24) is 0 Å². The number of hydrogen-bond acceptors (Lipinski definition) is 2. The molecule has 0 heterocycles. The first-order valence-electron chi connectivity index (χ1n) is 5.83. The van der Waals surface area contributed by atoms with Crippen molar-refractivity contribution in [1.29, 1.82) is 0 Å². The SMILES string of the molecule is [2H]C([2H])([2H])C(C(C)=O)C(=O)CCCCC. The summed E-state index contributed by atoms with van der Waals surface area (Å²) in [5.74, 6) is -2.43. The van der Waals surface area contributed by atoms with Gasteiger partial charge in [-0.05, 0) is 20.2 Å². The molecule has 1 atom stereocenters. The van der Waals surface area contributed by atoms with Crippen LogP contribution in [-0.2, 0) is 9.59 Å². The highest BCUT2D eigenvalue weighted by Crippen LogP contribution is 2.07. The summed E-state index contributed by atoms with van der Waals surface area (Å²) in [6.45, 7) is 0.667. The zero-order chi connectivity index (χ0) is 12.1. The fourth-order valence-electron chi connectivity index (χ4n) is 0.920. The standard InChI is InChI=1S/C10H18O2/c1-4-5-6-7-10(12)8(2)9(3)11/h8H,4-7H2,1-3H3/i2D3. The lowest BCUT2D eigenvalue weighted by Gasteiger charge is -2.04. The van der Waals surface area contributed by atoms with Crippen LogP contribution in [0.4, 0.5) is 0 Å². The van der Waals surface area contributed by atoms with Crippen molar-refractivity contribution in [3.63, 3.8) is 0 Å². The van der Waals surface area contributed by atoms with Crippen molar-refractivity contribution < 1.29 is 13.7 Å². The van der Waals surface area contributed by atoms with Crippen molar-refractivity contribution in [2.75, 3.05) is 0 Å². The lowest BCUT2D eigenvalue weighted by molar-refractivity contribution is -0.130. The largest absolute Gasteiger partial charge is 0.299 e. The molecule has 70 valence electrons. The average molecular weight is 173 g/mol. The maximum atomic E-state index is 11.5. The third-order valence-electron chi connectivity index (χ3n) is 1.76. The summed E-state index contributed by atoms with van der Waals surface area (Å²) in [5, 5.41) is 0. The Bertz CT molecular complexity index is 233. The molecule has 0 radical (unpaired) electrons. The second-order valence-electron chi connectivity index (χ2n) is 2.97. The predicted octanol–water partition coefficient (Wildman–Crippen LogP) is 2.36. The molecule has 0 aromatic carbocycles. The second kappa shape index (κ2) is 5.92. The molecular formula is C10H18O2. The summed E-state index contributed by atoms with van der Waals surface area (Å²) >= 11 is 0. The van der Waals surface area contributed by atoms with Gasteiger partial charge in [0.25, 0.3) is 0 Å². The highest BCUT2D eigenvalue weighted by molar-refractivity contribution is 6.00. The van der Waals surface area contributed by atoms with Crippen LogP contribution in [-0.4, -0.2) is 11.6 Å². The summed E-state index contributed by atoms with van der Waals surface area (Å²) in [7, 11) is 0. The summed E-state index contributed by atoms with van der Waals surface area (Å²) in [4.78, 5) is 22.6. The van der Waals surface area contributed by atoms with Gasteiger partial charge in [-0.2, -0.15) is 0 Å². The molecule has 0 aromatic heterocycles. The summed E-state index contributed by atoms with van der Waals surface area (Å²) in [5.41, 5.74) is 0. The Morgan fingerprint density at radius 3 is 2.50 bits per heavy atom. The lowest BCUT2D eigenvalue weighted by Crippen LogP contribution is -2.18. The number of rotatable bonds is 6. The average Bonchev–Trinajstić information content (AvgIpc) is 2.00. The third kappa shape index (κ3) is 4.27. The van der Waals surface area contributed by atoms with E-state index < -0.39 is 24.3 Å². The van der Waals surface area contributed by atoms with Gasteiger partial charge in [-0.15, -0.1) is 0 Å². The molecule has 0 fully saturated rings. The van der Waals surface area contributed by atoms with E-state index in [-0.39, 0.29) is 6.42 Å². The Morgan fingerprint density at radius 1 is 1.42 bits per heavy atom. The first kappa shape index (κ1) is 6.81. The first-order valence-corrected chi connectivity index (χ1v) is 4.33. The molecule has 0 aromatic rings. The second-order valence-corrected chi connectivity index (χ2v) is 2.97. The monoisotopic (exact) mass is 173 g/mol. The van der Waals surface area contributed by atoms with E-state index in [0.29, 0.717) is 6.42 Å². The lowest BCUT2D eigenvalue weighted by atomic mass is 9.98. The van der Waals surface area contributed by atoms with Gasteiger partial charge in [-0.25, -0.2) is 0 Å². The number of ketones is 2. The van der Waals surface area contributed by atoms with Gasteiger partial charge >= 0.3 is 0 Å². The number of hydrogen-bond donors (Lipinski definition) is 0. The van der Waals surface area contributed by atoms with Crippen LogP contribution in [0.5, 0.6) is 0 Å². The highest BCUT2D eigenvalue weighted by Gasteiger charge is 2.15. The summed E-state index contributed by atoms with van der Waals surface area (Å²) < 4.78 is 21.4. The van der Waals surface area contributed by atoms with Crippen molar-refractivity contribution in [3.8, 4) is 0 Å². The zero-order valence-corrected chi connectivity index (χ0v) is 7.72. The Kier molecular flexibility index (Phi) is 3.36. The van der Waals surface area contributed by atoms with Gasteiger partial charge in [0.05, 0.1) is 5.92 Å². The number of carbonyl (C=O) groups excluding carboxylic acids is 2. The van der Waals surface area contributed by atoms with Crippen LogP contribution >= 0.6 is 0 Å². The van der Waals surface area contributed by atoms with E-state index in [1.165, 1.54) is 0 Å². The first-order chi connectivity index (χ1) is 6.80. The number of carbonyl (C=O) groups is 2. The van der Waals surface area contributed by atoms with Gasteiger partial charge in [0.2, 0.25) is 0 Å². The molecule has 0 saturated carbocycles. The Morgan fingerprint density at radius 2 is 2.08 bits per heavy atom. The van der Waals surface area contributed by atoms with Crippen LogP contribution in [0, 0.1) is 5.92 Å². The molecule has 0 bridgehead atoms. The van der Waals surface area contributed by atoms with E-state index in [9.17, 15) is 9.59 Å². The van der Waals surface area contributed by atoms with Crippen LogP contribution in [0.3, 0.4) is 0 Å².